The Morgan fingerprint density at radius 1 is 1.50 bits per heavy atom. The molecule has 1 saturated carbocycles. The molecule has 1 aromatic heterocycles. The molecule has 2 atom stereocenters. The van der Waals surface area contributed by atoms with Gasteiger partial charge in [-0.1, -0.05) is 26.7 Å². The molecule has 1 aromatic rings. The van der Waals surface area contributed by atoms with E-state index in [9.17, 15) is 5.11 Å². The number of hydrogen-bond donors (Lipinski definition) is 1. The van der Waals surface area contributed by atoms with Crippen LogP contribution in [0.5, 0.6) is 0 Å². The van der Waals surface area contributed by atoms with Crippen LogP contribution in [0.3, 0.4) is 0 Å². The minimum Gasteiger partial charge on any atom is -0.390 e. The van der Waals surface area contributed by atoms with Crippen LogP contribution in [0.1, 0.15) is 50.8 Å². The summed E-state index contributed by atoms with van der Waals surface area (Å²) in [5, 5.41) is 10.8. The van der Waals surface area contributed by atoms with Gasteiger partial charge in [-0.2, -0.15) is 0 Å². The average Bonchev–Trinajstić information content (AvgIpc) is 2.62. The predicted octanol–water partition coefficient (Wildman–Crippen LogP) is 5.02. The van der Waals surface area contributed by atoms with Crippen LogP contribution in [0.4, 0.5) is 0 Å². The fourth-order valence-corrected chi connectivity index (χ4v) is 4.88. The van der Waals surface area contributed by atoms with Gasteiger partial charge >= 0.3 is 0 Å². The number of halogens is 1. The molecular formula is C15H23BrOS. The highest BCUT2D eigenvalue weighted by Crippen LogP contribution is 2.39. The van der Waals surface area contributed by atoms with Gasteiger partial charge in [-0.25, -0.2) is 0 Å². The second-order valence-electron chi connectivity index (χ2n) is 6.20. The van der Waals surface area contributed by atoms with E-state index in [1.807, 2.05) is 0 Å². The average molecular weight is 331 g/mol. The van der Waals surface area contributed by atoms with Crippen LogP contribution in [-0.2, 0) is 6.42 Å². The van der Waals surface area contributed by atoms with Crippen molar-refractivity contribution in [2.45, 2.75) is 58.0 Å². The Labute approximate surface area is 123 Å². The van der Waals surface area contributed by atoms with E-state index in [0.29, 0.717) is 5.92 Å². The van der Waals surface area contributed by atoms with Gasteiger partial charge in [0.25, 0.3) is 0 Å². The number of aliphatic hydroxyl groups is 1. The second-order valence-corrected chi connectivity index (χ2v) is 8.75. The zero-order valence-corrected chi connectivity index (χ0v) is 13.7. The van der Waals surface area contributed by atoms with Gasteiger partial charge in [0.05, 0.1) is 9.39 Å². The van der Waals surface area contributed by atoms with Gasteiger partial charge in [-0.15, -0.1) is 11.3 Å². The predicted molar refractivity (Wildman–Crippen MR) is 82.1 cm³/mol. The van der Waals surface area contributed by atoms with E-state index < -0.39 is 5.60 Å². The van der Waals surface area contributed by atoms with Crippen LogP contribution in [0.15, 0.2) is 15.9 Å². The lowest BCUT2D eigenvalue weighted by Crippen LogP contribution is -2.37. The van der Waals surface area contributed by atoms with Gasteiger partial charge in [-0.3, -0.25) is 0 Å². The van der Waals surface area contributed by atoms with Crippen molar-refractivity contribution in [2.24, 2.45) is 11.8 Å². The van der Waals surface area contributed by atoms with Crippen LogP contribution >= 0.6 is 27.3 Å². The zero-order chi connectivity index (χ0) is 13.2. The van der Waals surface area contributed by atoms with Gasteiger partial charge in [0.1, 0.15) is 0 Å². The fraction of sp³-hybridized carbons (Fsp3) is 0.733. The number of thiophene rings is 1. The Balaban J connectivity index is 1.97. The van der Waals surface area contributed by atoms with Gasteiger partial charge in [-0.05, 0) is 59.2 Å². The van der Waals surface area contributed by atoms with E-state index in [2.05, 4.69) is 41.9 Å². The highest BCUT2D eigenvalue weighted by Gasteiger charge is 2.34. The molecule has 0 radical (unpaired) electrons. The first-order valence-corrected chi connectivity index (χ1v) is 8.54. The van der Waals surface area contributed by atoms with E-state index in [4.69, 9.17) is 0 Å². The molecule has 2 unspecified atom stereocenters. The highest BCUT2D eigenvalue weighted by molar-refractivity contribution is 9.11. The highest BCUT2D eigenvalue weighted by atomic mass is 79.9. The summed E-state index contributed by atoms with van der Waals surface area (Å²) in [5.74, 6) is 1.46. The molecule has 1 aliphatic rings. The van der Waals surface area contributed by atoms with Crippen LogP contribution < -0.4 is 0 Å². The molecule has 0 amide bonds. The summed E-state index contributed by atoms with van der Waals surface area (Å²) in [5.41, 5.74) is -0.456. The first kappa shape index (κ1) is 14.5. The largest absolute Gasteiger partial charge is 0.390 e. The number of rotatable bonds is 4. The van der Waals surface area contributed by atoms with Crippen LogP contribution in [0.25, 0.3) is 0 Å². The van der Waals surface area contributed by atoms with Crippen molar-refractivity contribution in [1.29, 1.82) is 0 Å². The smallest absolute Gasteiger partial charge is 0.0701 e. The third-order valence-electron chi connectivity index (χ3n) is 3.86. The van der Waals surface area contributed by atoms with Gasteiger partial charge in [0, 0.05) is 11.3 Å². The maximum atomic E-state index is 10.8. The summed E-state index contributed by atoms with van der Waals surface area (Å²) in [4.78, 5) is 1.30. The van der Waals surface area contributed by atoms with Crippen molar-refractivity contribution < 1.29 is 5.11 Å². The molecule has 0 bridgehead atoms. The van der Waals surface area contributed by atoms with Crippen molar-refractivity contribution in [2.75, 3.05) is 0 Å². The Kier molecular flexibility index (Phi) is 4.90. The third-order valence-corrected chi connectivity index (χ3v) is 5.48. The summed E-state index contributed by atoms with van der Waals surface area (Å²) >= 11 is 5.25. The standard InChI is InChI=1S/C15H23BrOS/c1-11(2)8-12-4-3-7-15(17,9-12)10-13-5-6-14(16)18-13/h5-6,11-12,17H,3-4,7-10H2,1-2H3. The summed E-state index contributed by atoms with van der Waals surface area (Å²) in [7, 11) is 0. The Bertz CT molecular complexity index is 388. The van der Waals surface area contributed by atoms with E-state index in [-0.39, 0.29) is 0 Å². The summed E-state index contributed by atoms with van der Waals surface area (Å²) in [6, 6.07) is 4.22. The first-order chi connectivity index (χ1) is 8.47. The van der Waals surface area contributed by atoms with Crippen LogP contribution in [-0.4, -0.2) is 10.7 Å². The fourth-order valence-electron chi connectivity index (χ4n) is 3.26. The van der Waals surface area contributed by atoms with E-state index in [1.54, 1.807) is 11.3 Å². The molecule has 1 N–H and O–H groups in total. The molecule has 1 nitrogen and oxygen atoms in total. The lowest BCUT2D eigenvalue weighted by Gasteiger charge is -2.37. The molecule has 0 aromatic carbocycles. The first-order valence-electron chi connectivity index (χ1n) is 6.93. The Morgan fingerprint density at radius 3 is 2.89 bits per heavy atom. The Morgan fingerprint density at radius 2 is 2.28 bits per heavy atom. The molecule has 2 rings (SSSR count). The molecule has 18 heavy (non-hydrogen) atoms. The Hall–Kier alpha value is 0.140. The normalized spacial score (nSPS) is 28.8. The van der Waals surface area contributed by atoms with Crippen molar-refractivity contribution in [1.82, 2.24) is 0 Å². The topological polar surface area (TPSA) is 20.2 Å². The monoisotopic (exact) mass is 330 g/mol. The van der Waals surface area contributed by atoms with Gasteiger partial charge in [0.2, 0.25) is 0 Å². The van der Waals surface area contributed by atoms with Crippen molar-refractivity contribution in [3.8, 4) is 0 Å². The molecule has 102 valence electrons. The van der Waals surface area contributed by atoms with Crippen molar-refractivity contribution >= 4 is 27.3 Å². The summed E-state index contributed by atoms with van der Waals surface area (Å²) < 4.78 is 1.16. The van der Waals surface area contributed by atoms with E-state index in [0.717, 1.165) is 29.0 Å². The molecule has 0 aliphatic heterocycles. The molecule has 1 fully saturated rings. The lowest BCUT2D eigenvalue weighted by atomic mass is 9.73. The third kappa shape index (κ3) is 4.07. The van der Waals surface area contributed by atoms with Gasteiger partial charge in [0.15, 0.2) is 0 Å². The molecule has 3 heteroatoms. The second kappa shape index (κ2) is 6.06. The van der Waals surface area contributed by atoms with E-state index in [1.165, 1.54) is 24.1 Å². The SMILES string of the molecule is CC(C)CC1CCCC(O)(Cc2ccc(Br)s2)C1. The summed E-state index contributed by atoms with van der Waals surface area (Å²) in [6.07, 6.45) is 6.53. The van der Waals surface area contributed by atoms with E-state index >= 15 is 0 Å². The minimum absolute atomic E-state index is 0.456. The maximum Gasteiger partial charge on any atom is 0.0701 e. The molecule has 1 aliphatic carbocycles. The molecular weight excluding hydrogens is 308 g/mol. The quantitative estimate of drug-likeness (QED) is 0.821. The maximum absolute atomic E-state index is 10.8. The summed E-state index contributed by atoms with van der Waals surface area (Å²) in [6.45, 7) is 4.56. The van der Waals surface area contributed by atoms with Crippen LogP contribution in [0.2, 0.25) is 0 Å². The molecule has 0 spiro atoms. The number of hydrogen-bond acceptors (Lipinski definition) is 2. The zero-order valence-electron chi connectivity index (χ0n) is 11.3. The molecule has 0 saturated heterocycles. The molecule has 1 heterocycles. The van der Waals surface area contributed by atoms with Gasteiger partial charge < -0.3 is 5.11 Å². The van der Waals surface area contributed by atoms with Crippen molar-refractivity contribution in [3.63, 3.8) is 0 Å². The minimum atomic E-state index is -0.456. The van der Waals surface area contributed by atoms with Crippen LogP contribution in [0, 0.1) is 11.8 Å². The van der Waals surface area contributed by atoms with Crippen molar-refractivity contribution in [3.05, 3.63) is 20.8 Å². The lowest BCUT2D eigenvalue weighted by molar-refractivity contribution is -0.0183.